The van der Waals surface area contributed by atoms with Crippen LogP contribution in [0.3, 0.4) is 0 Å². The van der Waals surface area contributed by atoms with Crippen molar-refractivity contribution >= 4 is 31.7 Å². The normalized spacial score (nSPS) is 10.5. The van der Waals surface area contributed by atoms with Gasteiger partial charge < -0.3 is 0 Å². The summed E-state index contributed by atoms with van der Waals surface area (Å²) in [5.74, 6) is 0. The molecule has 0 aliphatic rings. The van der Waals surface area contributed by atoms with E-state index in [-0.39, 0.29) is 20.6 Å². The molecule has 0 saturated carbocycles. The molecule has 1 aromatic heterocycles. The molecule has 0 aliphatic heterocycles. The molecule has 13 heavy (non-hydrogen) atoms. The van der Waals surface area contributed by atoms with Gasteiger partial charge in [0.2, 0.25) is 0 Å². The Balaban J connectivity index is 2.77. The van der Waals surface area contributed by atoms with Gasteiger partial charge in [-0.25, -0.2) is 0 Å². The van der Waals surface area contributed by atoms with E-state index in [1.165, 1.54) is 12.1 Å². The number of non-ortho nitro benzene ring substituents is 1. The van der Waals surface area contributed by atoms with Gasteiger partial charge in [-0.05, 0) is 0 Å². The van der Waals surface area contributed by atoms with E-state index >= 15 is 0 Å². The second kappa shape index (κ2) is 2.90. The van der Waals surface area contributed by atoms with Crippen LogP contribution in [0.5, 0.6) is 0 Å². The molecule has 0 radical (unpaired) electrons. The van der Waals surface area contributed by atoms with Gasteiger partial charge in [-0.3, -0.25) is 0 Å². The van der Waals surface area contributed by atoms with Gasteiger partial charge in [0.1, 0.15) is 0 Å². The van der Waals surface area contributed by atoms with Crippen LogP contribution in [-0.2, 0) is 0 Å². The van der Waals surface area contributed by atoms with E-state index in [1.54, 1.807) is 0 Å². The summed E-state index contributed by atoms with van der Waals surface area (Å²) in [6.45, 7) is 1.81. The van der Waals surface area contributed by atoms with Crippen LogP contribution in [0.15, 0.2) is 12.1 Å². The van der Waals surface area contributed by atoms with Crippen LogP contribution < -0.4 is 0 Å². The van der Waals surface area contributed by atoms with Crippen LogP contribution in [0.4, 0.5) is 5.69 Å². The van der Waals surface area contributed by atoms with E-state index in [0.29, 0.717) is 5.52 Å². The van der Waals surface area contributed by atoms with Gasteiger partial charge in [-0.15, -0.1) is 0 Å². The number of rotatable bonds is 1. The number of nitro groups is 1. The molecule has 6 heteroatoms. The molecule has 0 aliphatic carbocycles. The van der Waals surface area contributed by atoms with Crippen LogP contribution in [0, 0.1) is 17.0 Å². The Kier molecular flexibility index (Phi) is 1.86. The molecule has 0 unspecified atom stereocenters. The van der Waals surface area contributed by atoms with Crippen LogP contribution >= 0.6 is 0 Å². The predicted octanol–water partition coefficient (Wildman–Crippen LogP) is 0.903. The zero-order chi connectivity index (χ0) is 9.42. The molecule has 2 aromatic rings. The number of fused-ring (bicyclic) bond motifs is 1. The Morgan fingerprint density at radius 1 is 1.46 bits per heavy atom. The van der Waals surface area contributed by atoms with Crippen molar-refractivity contribution in [1.82, 2.24) is 7.96 Å². The Morgan fingerprint density at radius 2 is 2.23 bits per heavy atom. The quantitative estimate of drug-likeness (QED) is 0.423. The fourth-order valence-corrected chi connectivity index (χ4v) is 2.37. The van der Waals surface area contributed by atoms with Crippen LogP contribution in [-0.4, -0.2) is 27.8 Å². The second-order valence-electron chi connectivity index (χ2n) is 2.65. The van der Waals surface area contributed by atoms with Crippen LogP contribution in [0.25, 0.3) is 11.0 Å². The second-order valence-corrected chi connectivity index (χ2v) is 3.76. The number of hydrogen-bond donors (Lipinski definition) is 0. The molecule has 0 atom stereocenters. The minimum absolute atomic E-state index is 0.0906. The van der Waals surface area contributed by atoms with Crippen molar-refractivity contribution in [1.29, 1.82) is 0 Å². The molecular formula is C7H5N3O2Se. The molecular weight excluding hydrogens is 237 g/mol. The maximum absolute atomic E-state index is 10.5. The zero-order valence-electron chi connectivity index (χ0n) is 6.72. The standard InChI is InChI=1S/C7H5N3O2Se/c1-4-2-5(10(11)12)3-6-7(4)9-13-8-6/h2-3H,1H3. The Hall–Kier alpha value is -1.26. The molecule has 66 valence electrons. The van der Waals surface area contributed by atoms with Gasteiger partial charge in [0, 0.05) is 0 Å². The fourth-order valence-electron chi connectivity index (χ4n) is 1.14. The van der Waals surface area contributed by atoms with E-state index in [1.807, 2.05) is 6.92 Å². The summed E-state index contributed by atoms with van der Waals surface area (Å²) in [7, 11) is 0. The maximum atomic E-state index is 10.5. The Bertz CT molecular complexity index is 480. The first-order valence-electron chi connectivity index (χ1n) is 3.56. The van der Waals surface area contributed by atoms with Crippen molar-refractivity contribution in [3.05, 3.63) is 27.8 Å². The average Bonchev–Trinajstić information content (AvgIpc) is 2.51. The summed E-state index contributed by atoms with van der Waals surface area (Å²) in [6.07, 6.45) is 0. The van der Waals surface area contributed by atoms with Crippen molar-refractivity contribution in [2.75, 3.05) is 0 Å². The monoisotopic (exact) mass is 243 g/mol. The summed E-state index contributed by atoms with van der Waals surface area (Å²) in [5, 5.41) is 10.5. The molecule has 2 rings (SSSR count). The minimum atomic E-state index is -0.409. The van der Waals surface area contributed by atoms with Gasteiger partial charge in [-0.1, -0.05) is 0 Å². The van der Waals surface area contributed by atoms with Crippen molar-refractivity contribution in [3.8, 4) is 0 Å². The Morgan fingerprint density at radius 3 is 2.92 bits per heavy atom. The molecule has 0 amide bonds. The van der Waals surface area contributed by atoms with Gasteiger partial charge in [0.25, 0.3) is 0 Å². The number of nitro benzene ring substituents is 1. The number of aromatic nitrogens is 2. The molecule has 0 fully saturated rings. The molecule has 5 nitrogen and oxygen atoms in total. The first kappa shape index (κ1) is 8.34. The third-order valence-corrected chi connectivity index (χ3v) is 2.89. The van der Waals surface area contributed by atoms with Crippen molar-refractivity contribution in [2.45, 2.75) is 6.92 Å². The zero-order valence-corrected chi connectivity index (χ0v) is 8.43. The molecule has 0 spiro atoms. The van der Waals surface area contributed by atoms with Gasteiger partial charge >= 0.3 is 79.3 Å². The van der Waals surface area contributed by atoms with E-state index in [2.05, 4.69) is 7.96 Å². The topological polar surface area (TPSA) is 68.9 Å². The summed E-state index contributed by atoms with van der Waals surface area (Å²) in [5.41, 5.74) is 2.39. The van der Waals surface area contributed by atoms with Crippen LogP contribution in [0.2, 0.25) is 0 Å². The molecule has 0 N–H and O–H groups in total. The number of hydrogen-bond acceptors (Lipinski definition) is 4. The average molecular weight is 242 g/mol. The summed E-state index contributed by atoms with van der Waals surface area (Å²) in [4.78, 5) is 10.1. The summed E-state index contributed by atoms with van der Waals surface area (Å²) in [6, 6.07) is 3.00. The first-order valence-corrected chi connectivity index (χ1v) is 5.09. The summed E-state index contributed by atoms with van der Waals surface area (Å²) < 4.78 is 8.27. The van der Waals surface area contributed by atoms with Crippen molar-refractivity contribution in [2.24, 2.45) is 0 Å². The van der Waals surface area contributed by atoms with Gasteiger partial charge in [-0.2, -0.15) is 0 Å². The number of benzene rings is 1. The van der Waals surface area contributed by atoms with Gasteiger partial charge in [0.15, 0.2) is 0 Å². The van der Waals surface area contributed by atoms with Crippen molar-refractivity contribution < 1.29 is 4.92 Å². The molecule has 0 bridgehead atoms. The van der Waals surface area contributed by atoms with E-state index in [4.69, 9.17) is 0 Å². The third-order valence-electron chi connectivity index (χ3n) is 1.75. The molecule has 1 aromatic carbocycles. The van der Waals surface area contributed by atoms with Gasteiger partial charge in [0.05, 0.1) is 0 Å². The SMILES string of the molecule is Cc1cc([N+](=O)[O-])cc2n[se]nc12. The molecule has 1 heterocycles. The predicted molar refractivity (Wildman–Crippen MR) is 47.9 cm³/mol. The first-order chi connectivity index (χ1) is 6.18. The third kappa shape index (κ3) is 1.34. The van der Waals surface area contributed by atoms with Crippen molar-refractivity contribution in [3.63, 3.8) is 0 Å². The van der Waals surface area contributed by atoms with E-state index < -0.39 is 4.92 Å². The molecule has 0 saturated heterocycles. The number of aryl methyl sites for hydroxylation is 1. The van der Waals surface area contributed by atoms with Crippen LogP contribution in [0.1, 0.15) is 5.56 Å². The number of nitrogens with zero attached hydrogens (tertiary/aromatic N) is 3. The fraction of sp³-hybridized carbons (Fsp3) is 0.143. The summed E-state index contributed by atoms with van der Waals surface area (Å²) >= 11 is -0.123. The van der Waals surface area contributed by atoms with E-state index in [9.17, 15) is 10.1 Å². The van der Waals surface area contributed by atoms with E-state index in [0.717, 1.165) is 11.1 Å². The Labute approximate surface area is 79.8 Å².